The van der Waals surface area contributed by atoms with Crippen LogP contribution in [0.15, 0.2) is 30.3 Å². The summed E-state index contributed by atoms with van der Waals surface area (Å²) in [4.78, 5) is 1.07. The molecule has 1 atom stereocenters. The van der Waals surface area contributed by atoms with E-state index in [1.807, 2.05) is 30.3 Å². The number of benzene rings is 1. The topological polar surface area (TPSA) is 35.2 Å². The zero-order valence-electron chi connectivity index (χ0n) is 11.2. The van der Waals surface area contributed by atoms with E-state index in [4.69, 9.17) is 33.7 Å². The fourth-order valence-corrected chi connectivity index (χ4v) is 3.07. The standard InChI is InChI=1S/C15H17Cl2NOS/c1-2-11(18)7-10-3-5-14(13(16)8-10)19-9-12-4-6-15(17)20-12/h3-6,8,11H,2,7,9,18H2,1H3. The average Bonchev–Trinajstić information content (AvgIpc) is 2.83. The Morgan fingerprint density at radius 3 is 2.65 bits per heavy atom. The lowest BCUT2D eigenvalue weighted by Gasteiger charge is -2.11. The number of hydrogen-bond acceptors (Lipinski definition) is 3. The number of hydrogen-bond donors (Lipinski definition) is 1. The van der Waals surface area contributed by atoms with Gasteiger partial charge in [-0.15, -0.1) is 11.3 Å². The largest absolute Gasteiger partial charge is 0.487 e. The molecule has 2 nitrogen and oxygen atoms in total. The van der Waals surface area contributed by atoms with Crippen molar-refractivity contribution in [3.8, 4) is 5.75 Å². The van der Waals surface area contributed by atoms with Gasteiger partial charge in [-0.2, -0.15) is 0 Å². The van der Waals surface area contributed by atoms with Gasteiger partial charge in [0.15, 0.2) is 0 Å². The number of rotatable bonds is 6. The maximum Gasteiger partial charge on any atom is 0.138 e. The minimum absolute atomic E-state index is 0.172. The fourth-order valence-electron chi connectivity index (χ4n) is 1.81. The Bertz CT molecular complexity index is 571. The average molecular weight is 330 g/mol. The first-order valence-electron chi connectivity index (χ1n) is 6.49. The van der Waals surface area contributed by atoms with E-state index in [0.717, 1.165) is 27.6 Å². The molecule has 5 heteroatoms. The Balaban J connectivity index is 1.98. The Labute approximate surface area is 133 Å². The molecule has 0 bridgehead atoms. The van der Waals surface area contributed by atoms with Gasteiger partial charge in [0.25, 0.3) is 0 Å². The van der Waals surface area contributed by atoms with Crippen LogP contribution in [0, 0.1) is 0 Å². The molecule has 0 saturated heterocycles. The van der Waals surface area contributed by atoms with Crippen LogP contribution in [0.5, 0.6) is 5.75 Å². The molecule has 2 N–H and O–H groups in total. The van der Waals surface area contributed by atoms with Gasteiger partial charge in [-0.1, -0.05) is 36.2 Å². The minimum atomic E-state index is 0.172. The second-order valence-corrected chi connectivity index (χ2v) is 6.84. The van der Waals surface area contributed by atoms with Crippen molar-refractivity contribution in [2.75, 3.05) is 0 Å². The predicted octanol–water partition coefficient (Wildman–Crippen LogP) is 4.91. The summed E-state index contributed by atoms with van der Waals surface area (Å²) in [6.45, 7) is 2.56. The molecule has 108 valence electrons. The van der Waals surface area contributed by atoms with Crippen molar-refractivity contribution >= 4 is 34.5 Å². The van der Waals surface area contributed by atoms with Crippen LogP contribution in [-0.4, -0.2) is 6.04 Å². The SMILES string of the molecule is CCC(N)Cc1ccc(OCc2ccc(Cl)s2)c(Cl)c1. The van der Waals surface area contributed by atoms with Crippen molar-refractivity contribution in [3.63, 3.8) is 0 Å². The zero-order valence-corrected chi connectivity index (χ0v) is 13.6. The molecule has 0 amide bonds. The summed E-state index contributed by atoms with van der Waals surface area (Å²) >= 11 is 13.6. The summed E-state index contributed by atoms with van der Waals surface area (Å²) < 4.78 is 6.47. The Morgan fingerprint density at radius 2 is 2.05 bits per heavy atom. The molecule has 2 rings (SSSR count). The van der Waals surface area contributed by atoms with Gasteiger partial charge in [0.1, 0.15) is 12.4 Å². The summed E-state index contributed by atoms with van der Waals surface area (Å²) in [7, 11) is 0. The van der Waals surface area contributed by atoms with Gasteiger partial charge in [0.2, 0.25) is 0 Å². The Kier molecular flexibility index (Phi) is 5.73. The molecule has 1 aromatic heterocycles. The van der Waals surface area contributed by atoms with Gasteiger partial charge in [0, 0.05) is 10.9 Å². The fraction of sp³-hybridized carbons (Fsp3) is 0.333. The third-order valence-electron chi connectivity index (χ3n) is 3.02. The minimum Gasteiger partial charge on any atom is -0.487 e. The van der Waals surface area contributed by atoms with Crippen molar-refractivity contribution in [1.29, 1.82) is 0 Å². The van der Waals surface area contributed by atoms with E-state index in [9.17, 15) is 0 Å². The molecule has 1 aromatic carbocycles. The molecule has 0 saturated carbocycles. The highest BCUT2D eigenvalue weighted by Crippen LogP contribution is 2.28. The molecule has 2 aromatic rings. The zero-order chi connectivity index (χ0) is 14.5. The molecule has 0 spiro atoms. The first-order valence-corrected chi connectivity index (χ1v) is 8.06. The van der Waals surface area contributed by atoms with Crippen molar-refractivity contribution in [3.05, 3.63) is 50.1 Å². The van der Waals surface area contributed by atoms with Crippen LogP contribution in [0.4, 0.5) is 0 Å². The second-order valence-electron chi connectivity index (χ2n) is 4.63. The van der Waals surface area contributed by atoms with E-state index in [0.29, 0.717) is 17.4 Å². The predicted molar refractivity (Wildman–Crippen MR) is 87.1 cm³/mol. The molecule has 0 fully saturated rings. The van der Waals surface area contributed by atoms with Crippen LogP contribution < -0.4 is 10.5 Å². The molecule has 1 heterocycles. The van der Waals surface area contributed by atoms with Gasteiger partial charge in [-0.3, -0.25) is 0 Å². The Morgan fingerprint density at radius 1 is 1.25 bits per heavy atom. The monoisotopic (exact) mass is 329 g/mol. The third-order valence-corrected chi connectivity index (χ3v) is 4.52. The van der Waals surface area contributed by atoms with E-state index in [1.165, 1.54) is 11.3 Å². The van der Waals surface area contributed by atoms with Crippen molar-refractivity contribution in [2.45, 2.75) is 32.4 Å². The highest BCUT2D eigenvalue weighted by molar-refractivity contribution is 7.16. The smallest absolute Gasteiger partial charge is 0.138 e. The third kappa shape index (κ3) is 4.38. The Hall–Kier alpha value is -0.740. The summed E-state index contributed by atoms with van der Waals surface area (Å²) in [5.74, 6) is 0.685. The summed E-state index contributed by atoms with van der Waals surface area (Å²) in [6.07, 6.45) is 1.78. The first kappa shape index (κ1) is 15.6. The quantitative estimate of drug-likeness (QED) is 0.816. The van der Waals surface area contributed by atoms with E-state index in [2.05, 4.69) is 6.92 Å². The van der Waals surface area contributed by atoms with Gasteiger partial charge in [0.05, 0.1) is 9.36 Å². The normalized spacial score (nSPS) is 12.4. The molecular formula is C15H17Cl2NOS. The van der Waals surface area contributed by atoms with Crippen molar-refractivity contribution in [2.24, 2.45) is 5.73 Å². The van der Waals surface area contributed by atoms with Crippen molar-refractivity contribution < 1.29 is 4.74 Å². The van der Waals surface area contributed by atoms with Crippen LogP contribution in [0.2, 0.25) is 9.36 Å². The van der Waals surface area contributed by atoms with Crippen molar-refractivity contribution in [1.82, 2.24) is 0 Å². The van der Waals surface area contributed by atoms with E-state index in [1.54, 1.807) is 0 Å². The molecule has 0 radical (unpaired) electrons. The highest BCUT2D eigenvalue weighted by atomic mass is 35.5. The van der Waals surface area contributed by atoms with Crippen LogP contribution in [0.25, 0.3) is 0 Å². The van der Waals surface area contributed by atoms with E-state index < -0.39 is 0 Å². The lowest BCUT2D eigenvalue weighted by atomic mass is 10.0. The molecular weight excluding hydrogens is 313 g/mol. The first-order chi connectivity index (χ1) is 9.58. The highest BCUT2D eigenvalue weighted by Gasteiger charge is 2.07. The number of nitrogens with two attached hydrogens (primary N) is 1. The van der Waals surface area contributed by atoms with Gasteiger partial charge < -0.3 is 10.5 Å². The maximum atomic E-state index is 6.24. The van der Waals surface area contributed by atoms with E-state index in [-0.39, 0.29) is 6.04 Å². The van der Waals surface area contributed by atoms with Crippen LogP contribution in [0.1, 0.15) is 23.8 Å². The summed E-state index contributed by atoms with van der Waals surface area (Å²) in [5.41, 5.74) is 7.08. The van der Waals surface area contributed by atoms with Crippen LogP contribution >= 0.6 is 34.5 Å². The van der Waals surface area contributed by atoms with Crippen LogP contribution in [0.3, 0.4) is 0 Å². The number of halogens is 2. The van der Waals surface area contributed by atoms with Gasteiger partial charge >= 0.3 is 0 Å². The molecule has 0 aliphatic carbocycles. The number of ether oxygens (including phenoxy) is 1. The lowest BCUT2D eigenvalue weighted by molar-refractivity contribution is 0.310. The molecule has 0 aliphatic rings. The van der Waals surface area contributed by atoms with Gasteiger partial charge in [-0.05, 0) is 42.7 Å². The summed E-state index contributed by atoms with van der Waals surface area (Å²) in [5, 5.41) is 0.619. The van der Waals surface area contributed by atoms with E-state index >= 15 is 0 Å². The second kappa shape index (κ2) is 7.32. The molecule has 0 aliphatic heterocycles. The van der Waals surface area contributed by atoms with Gasteiger partial charge in [-0.25, -0.2) is 0 Å². The van der Waals surface area contributed by atoms with Crippen LogP contribution in [-0.2, 0) is 13.0 Å². The summed E-state index contributed by atoms with van der Waals surface area (Å²) in [6, 6.07) is 9.82. The lowest BCUT2D eigenvalue weighted by Crippen LogP contribution is -2.21. The number of thiophene rings is 1. The maximum absolute atomic E-state index is 6.24. The molecule has 20 heavy (non-hydrogen) atoms. The molecule has 1 unspecified atom stereocenters.